The molecular weight excluding hydrogens is 136 g/mol. The minimum absolute atomic E-state index is 0.286. The Balaban J connectivity index is 3.08. The Hall–Kier alpha value is -0.770. The van der Waals surface area contributed by atoms with Gasteiger partial charge in [0.2, 0.25) is 0 Å². The predicted molar refractivity (Wildman–Crippen MR) is 47.2 cm³/mol. The third kappa shape index (κ3) is 9.23. The molecule has 0 fully saturated rings. The molecule has 11 heavy (non-hydrogen) atoms. The molecule has 0 aromatic rings. The molecule has 0 saturated carbocycles. The maximum absolute atomic E-state index is 10.5. The first-order chi connectivity index (χ1) is 5.27. The summed E-state index contributed by atoms with van der Waals surface area (Å²) in [7, 11) is 0. The Kier molecular flexibility index (Phi) is 6.82. The van der Waals surface area contributed by atoms with Crippen molar-refractivity contribution >= 4 is 5.78 Å². The molecule has 0 radical (unpaired) electrons. The summed E-state index contributed by atoms with van der Waals surface area (Å²) in [5.41, 5.74) is 0. The molecule has 0 N–H and O–H groups in total. The molecule has 0 heterocycles. The molecule has 0 aromatic heterocycles. The summed E-state index contributed by atoms with van der Waals surface area (Å²) in [4.78, 5) is 10.5. The van der Waals surface area contributed by atoms with Gasteiger partial charge in [-0.15, -0.1) is 11.8 Å². The van der Waals surface area contributed by atoms with Crippen molar-refractivity contribution in [3.05, 3.63) is 0 Å². The van der Waals surface area contributed by atoms with E-state index >= 15 is 0 Å². The van der Waals surface area contributed by atoms with Crippen LogP contribution in [0.5, 0.6) is 0 Å². The highest BCUT2D eigenvalue weighted by Crippen LogP contribution is 1.98. The summed E-state index contributed by atoms with van der Waals surface area (Å²) in [6, 6.07) is 0. The summed E-state index contributed by atoms with van der Waals surface area (Å²) in [6.45, 7) is 3.68. The van der Waals surface area contributed by atoms with Crippen LogP contribution in [0.1, 0.15) is 46.0 Å². The SMILES string of the molecule is CCC#CCCCCC(C)=O. The largest absolute Gasteiger partial charge is 0.300 e. The standard InChI is InChI=1S/C10H16O/c1-3-4-5-6-7-8-9-10(2)11/h3,6-9H2,1-2H3. The fraction of sp³-hybridized carbons (Fsp3) is 0.700. The van der Waals surface area contributed by atoms with Gasteiger partial charge >= 0.3 is 0 Å². The van der Waals surface area contributed by atoms with Gasteiger partial charge in [0.25, 0.3) is 0 Å². The molecule has 0 aromatic carbocycles. The molecule has 0 amide bonds. The van der Waals surface area contributed by atoms with Crippen molar-refractivity contribution in [2.45, 2.75) is 46.0 Å². The lowest BCUT2D eigenvalue weighted by molar-refractivity contribution is -0.117. The van der Waals surface area contributed by atoms with Crippen molar-refractivity contribution in [2.75, 3.05) is 0 Å². The van der Waals surface area contributed by atoms with Crippen LogP contribution in [0, 0.1) is 11.8 Å². The van der Waals surface area contributed by atoms with Gasteiger partial charge in [0.05, 0.1) is 0 Å². The third-order valence-corrected chi connectivity index (χ3v) is 1.38. The van der Waals surface area contributed by atoms with Crippen LogP contribution in [0.25, 0.3) is 0 Å². The van der Waals surface area contributed by atoms with E-state index in [4.69, 9.17) is 0 Å². The number of hydrogen-bond donors (Lipinski definition) is 0. The molecule has 1 heteroatoms. The molecule has 0 atom stereocenters. The van der Waals surface area contributed by atoms with Crippen LogP contribution in [-0.2, 0) is 4.79 Å². The van der Waals surface area contributed by atoms with Crippen molar-refractivity contribution < 1.29 is 4.79 Å². The van der Waals surface area contributed by atoms with Crippen LogP contribution in [0.15, 0.2) is 0 Å². The molecule has 62 valence electrons. The van der Waals surface area contributed by atoms with E-state index in [1.54, 1.807) is 6.92 Å². The topological polar surface area (TPSA) is 17.1 Å². The number of Topliss-reactive ketones (excluding diaryl/α,β-unsaturated/α-hetero) is 1. The smallest absolute Gasteiger partial charge is 0.129 e. The zero-order chi connectivity index (χ0) is 8.53. The Morgan fingerprint density at radius 3 is 2.55 bits per heavy atom. The fourth-order valence-corrected chi connectivity index (χ4v) is 0.801. The van der Waals surface area contributed by atoms with Crippen molar-refractivity contribution in [1.29, 1.82) is 0 Å². The summed E-state index contributed by atoms with van der Waals surface area (Å²) >= 11 is 0. The minimum Gasteiger partial charge on any atom is -0.300 e. The van der Waals surface area contributed by atoms with E-state index in [1.807, 2.05) is 6.92 Å². The van der Waals surface area contributed by atoms with Gasteiger partial charge in [-0.3, -0.25) is 0 Å². The van der Waals surface area contributed by atoms with Crippen molar-refractivity contribution in [3.8, 4) is 11.8 Å². The van der Waals surface area contributed by atoms with E-state index in [2.05, 4.69) is 11.8 Å². The van der Waals surface area contributed by atoms with Gasteiger partial charge in [0, 0.05) is 19.3 Å². The van der Waals surface area contributed by atoms with Gasteiger partial charge in [0.15, 0.2) is 0 Å². The number of ketones is 1. The van der Waals surface area contributed by atoms with E-state index in [0.717, 1.165) is 25.7 Å². The molecule has 0 aliphatic heterocycles. The lowest BCUT2D eigenvalue weighted by Crippen LogP contribution is -1.88. The van der Waals surface area contributed by atoms with Crippen LogP contribution in [-0.4, -0.2) is 5.78 Å². The molecule has 0 spiro atoms. The maximum Gasteiger partial charge on any atom is 0.129 e. The zero-order valence-corrected chi connectivity index (χ0v) is 7.44. The molecule has 0 unspecified atom stereocenters. The first kappa shape index (κ1) is 10.2. The Labute approximate surface area is 69.2 Å². The van der Waals surface area contributed by atoms with E-state index in [1.165, 1.54) is 0 Å². The van der Waals surface area contributed by atoms with Gasteiger partial charge in [-0.2, -0.15) is 0 Å². The highest BCUT2D eigenvalue weighted by Gasteiger charge is 1.90. The van der Waals surface area contributed by atoms with E-state index in [-0.39, 0.29) is 5.78 Å². The van der Waals surface area contributed by atoms with Crippen molar-refractivity contribution in [3.63, 3.8) is 0 Å². The van der Waals surface area contributed by atoms with Crippen molar-refractivity contribution in [1.82, 2.24) is 0 Å². The average Bonchev–Trinajstić information content (AvgIpc) is 1.96. The molecule has 0 bridgehead atoms. The predicted octanol–water partition coefficient (Wildman–Crippen LogP) is 2.55. The molecular formula is C10H16O. The highest BCUT2D eigenvalue weighted by molar-refractivity contribution is 5.75. The first-order valence-electron chi connectivity index (χ1n) is 4.22. The van der Waals surface area contributed by atoms with Crippen LogP contribution in [0.3, 0.4) is 0 Å². The number of hydrogen-bond acceptors (Lipinski definition) is 1. The number of carbonyl (C=O) groups excluding carboxylic acids is 1. The zero-order valence-electron chi connectivity index (χ0n) is 7.44. The summed E-state index contributed by atoms with van der Waals surface area (Å²) in [5, 5.41) is 0. The Bertz CT molecular complexity index is 159. The van der Waals surface area contributed by atoms with Crippen LogP contribution in [0.4, 0.5) is 0 Å². The summed E-state index contributed by atoms with van der Waals surface area (Å²) < 4.78 is 0. The van der Waals surface area contributed by atoms with Gasteiger partial charge in [-0.05, 0) is 19.8 Å². The molecule has 0 aliphatic carbocycles. The Morgan fingerprint density at radius 1 is 1.27 bits per heavy atom. The van der Waals surface area contributed by atoms with Gasteiger partial charge in [-0.25, -0.2) is 0 Å². The fourth-order valence-electron chi connectivity index (χ4n) is 0.801. The highest BCUT2D eigenvalue weighted by atomic mass is 16.1. The minimum atomic E-state index is 0.286. The van der Waals surface area contributed by atoms with Crippen LogP contribution < -0.4 is 0 Å². The van der Waals surface area contributed by atoms with E-state index in [0.29, 0.717) is 6.42 Å². The van der Waals surface area contributed by atoms with Crippen LogP contribution in [0.2, 0.25) is 0 Å². The second-order valence-electron chi connectivity index (χ2n) is 2.62. The molecule has 0 rings (SSSR count). The second kappa shape index (κ2) is 7.34. The average molecular weight is 152 g/mol. The van der Waals surface area contributed by atoms with Gasteiger partial charge in [0.1, 0.15) is 5.78 Å². The third-order valence-electron chi connectivity index (χ3n) is 1.38. The summed E-state index contributed by atoms with van der Waals surface area (Å²) in [6.07, 6.45) is 4.65. The van der Waals surface area contributed by atoms with E-state index in [9.17, 15) is 4.79 Å². The number of rotatable bonds is 4. The van der Waals surface area contributed by atoms with Crippen molar-refractivity contribution in [2.24, 2.45) is 0 Å². The quantitative estimate of drug-likeness (QED) is 0.447. The first-order valence-corrected chi connectivity index (χ1v) is 4.22. The lowest BCUT2D eigenvalue weighted by Gasteiger charge is -1.91. The Morgan fingerprint density at radius 2 is 2.00 bits per heavy atom. The van der Waals surface area contributed by atoms with Crippen LogP contribution >= 0.6 is 0 Å². The lowest BCUT2D eigenvalue weighted by atomic mass is 10.1. The normalized spacial score (nSPS) is 8.55. The molecule has 0 aliphatic rings. The monoisotopic (exact) mass is 152 g/mol. The molecule has 0 saturated heterocycles. The molecule has 1 nitrogen and oxygen atoms in total. The maximum atomic E-state index is 10.5. The summed E-state index contributed by atoms with van der Waals surface area (Å²) in [5.74, 6) is 6.33. The number of carbonyl (C=O) groups is 1. The van der Waals surface area contributed by atoms with Gasteiger partial charge < -0.3 is 4.79 Å². The van der Waals surface area contributed by atoms with E-state index < -0.39 is 0 Å². The van der Waals surface area contributed by atoms with Gasteiger partial charge in [-0.1, -0.05) is 6.92 Å². The second-order valence-corrected chi connectivity index (χ2v) is 2.62. The number of unbranched alkanes of at least 4 members (excludes halogenated alkanes) is 2.